The lowest BCUT2D eigenvalue weighted by molar-refractivity contribution is -0.128. The molecule has 0 radical (unpaired) electrons. The number of H-pyrrole nitrogens is 1. The summed E-state index contributed by atoms with van der Waals surface area (Å²) in [6.45, 7) is 0. The fraction of sp³-hybridized carbons (Fsp3) is 0.111. The summed E-state index contributed by atoms with van der Waals surface area (Å²) in [5, 5.41) is 12.8. The van der Waals surface area contributed by atoms with Crippen LogP contribution in [0.4, 0.5) is 5.69 Å². The Morgan fingerprint density at radius 3 is 3.06 bits per heavy atom. The van der Waals surface area contributed by atoms with Crippen molar-refractivity contribution in [3.63, 3.8) is 0 Å². The van der Waals surface area contributed by atoms with Gasteiger partial charge in [-0.3, -0.25) is 20.1 Å². The Hall–Kier alpha value is -2.48. The molecule has 0 spiro atoms. The van der Waals surface area contributed by atoms with Gasteiger partial charge in [-0.1, -0.05) is 5.21 Å². The molecule has 3 rings (SSSR count). The number of nitrogens with one attached hydrogen (secondary N) is 3. The number of nitrogens with two attached hydrogens (primary N) is 1. The second-order valence-corrected chi connectivity index (χ2v) is 3.70. The van der Waals surface area contributed by atoms with E-state index in [0.717, 1.165) is 0 Å². The minimum absolute atomic E-state index is 0.399. The van der Waals surface area contributed by atoms with Crippen LogP contribution in [0.5, 0.6) is 0 Å². The van der Waals surface area contributed by atoms with E-state index in [9.17, 15) is 9.59 Å². The topological polar surface area (TPSA) is 126 Å². The predicted molar refractivity (Wildman–Crippen MR) is 57.6 cm³/mol. The lowest BCUT2D eigenvalue weighted by Crippen LogP contribution is -2.37. The summed E-state index contributed by atoms with van der Waals surface area (Å²) in [5.41, 5.74) is 4.39. The van der Waals surface area contributed by atoms with Crippen LogP contribution in [0.3, 0.4) is 0 Å². The van der Waals surface area contributed by atoms with Gasteiger partial charge in [0.2, 0.25) is 5.91 Å². The largest absolute Gasteiger partial charge is 0.325 e. The van der Waals surface area contributed by atoms with Crippen molar-refractivity contribution in [2.24, 2.45) is 5.84 Å². The maximum absolute atomic E-state index is 11.7. The van der Waals surface area contributed by atoms with Crippen molar-refractivity contribution in [3.8, 4) is 0 Å². The molecule has 1 aliphatic rings. The second kappa shape index (κ2) is 3.25. The molecule has 0 saturated heterocycles. The summed E-state index contributed by atoms with van der Waals surface area (Å²) in [7, 11) is 0. The average Bonchev–Trinajstić information content (AvgIpc) is 2.87. The summed E-state index contributed by atoms with van der Waals surface area (Å²) < 4.78 is 0. The van der Waals surface area contributed by atoms with E-state index in [1.807, 2.05) is 5.43 Å². The Morgan fingerprint density at radius 1 is 1.47 bits per heavy atom. The molecule has 0 aliphatic carbocycles. The molecule has 1 unspecified atom stereocenters. The molecule has 2 aromatic rings. The molecular weight excluding hydrogens is 224 g/mol. The third-order valence-electron chi connectivity index (χ3n) is 2.73. The number of aromatic amines is 1. The van der Waals surface area contributed by atoms with Crippen LogP contribution in [0.2, 0.25) is 0 Å². The van der Waals surface area contributed by atoms with E-state index >= 15 is 0 Å². The summed E-state index contributed by atoms with van der Waals surface area (Å²) in [5.74, 6) is 3.18. The number of hydrazine groups is 1. The summed E-state index contributed by atoms with van der Waals surface area (Å²) in [6.07, 6.45) is 0. The number of carbonyl (C=O) groups excluding carboxylic acids is 2. The molecule has 5 N–H and O–H groups in total. The highest BCUT2D eigenvalue weighted by atomic mass is 16.2. The lowest BCUT2D eigenvalue weighted by atomic mass is 9.99. The van der Waals surface area contributed by atoms with E-state index in [4.69, 9.17) is 5.84 Å². The number of carbonyl (C=O) groups is 2. The summed E-state index contributed by atoms with van der Waals surface area (Å²) >= 11 is 0. The zero-order chi connectivity index (χ0) is 12.0. The van der Waals surface area contributed by atoms with Crippen molar-refractivity contribution in [2.45, 2.75) is 5.92 Å². The SMILES string of the molecule is NNC(=O)C1C(=O)Nc2cc3nn[nH]c3cc21. The maximum atomic E-state index is 11.7. The van der Waals surface area contributed by atoms with Crippen molar-refractivity contribution < 1.29 is 9.59 Å². The fourth-order valence-corrected chi connectivity index (χ4v) is 1.95. The molecule has 1 aliphatic heterocycles. The Balaban J connectivity index is 2.19. The monoisotopic (exact) mass is 232 g/mol. The zero-order valence-electron chi connectivity index (χ0n) is 8.52. The van der Waals surface area contributed by atoms with Crippen LogP contribution in [0.25, 0.3) is 11.0 Å². The molecule has 86 valence electrons. The van der Waals surface area contributed by atoms with E-state index < -0.39 is 17.7 Å². The Bertz CT molecular complexity index is 633. The third kappa shape index (κ3) is 1.27. The van der Waals surface area contributed by atoms with E-state index in [0.29, 0.717) is 22.3 Å². The molecule has 2 heterocycles. The number of hydrogen-bond donors (Lipinski definition) is 4. The van der Waals surface area contributed by atoms with Crippen LogP contribution < -0.4 is 16.6 Å². The van der Waals surface area contributed by atoms with Gasteiger partial charge in [0, 0.05) is 5.69 Å². The van der Waals surface area contributed by atoms with Crippen molar-refractivity contribution in [1.82, 2.24) is 20.8 Å². The molecule has 2 amide bonds. The summed E-state index contributed by atoms with van der Waals surface area (Å²) in [6, 6.07) is 3.33. The van der Waals surface area contributed by atoms with E-state index in [-0.39, 0.29) is 0 Å². The molecular formula is C9H8N6O2. The molecule has 8 nitrogen and oxygen atoms in total. The Morgan fingerprint density at radius 2 is 2.29 bits per heavy atom. The number of benzene rings is 1. The van der Waals surface area contributed by atoms with Crippen LogP contribution >= 0.6 is 0 Å². The smallest absolute Gasteiger partial charge is 0.251 e. The third-order valence-corrected chi connectivity index (χ3v) is 2.73. The van der Waals surface area contributed by atoms with Gasteiger partial charge in [-0.2, -0.15) is 0 Å². The van der Waals surface area contributed by atoms with Crippen LogP contribution in [-0.2, 0) is 9.59 Å². The highest BCUT2D eigenvalue weighted by Gasteiger charge is 2.36. The van der Waals surface area contributed by atoms with Gasteiger partial charge in [0.05, 0.1) is 5.52 Å². The number of fused-ring (bicyclic) bond motifs is 2. The average molecular weight is 232 g/mol. The van der Waals surface area contributed by atoms with Gasteiger partial charge in [0.25, 0.3) is 5.91 Å². The van der Waals surface area contributed by atoms with Crippen molar-refractivity contribution in [1.29, 1.82) is 0 Å². The minimum Gasteiger partial charge on any atom is -0.325 e. The summed E-state index contributed by atoms with van der Waals surface area (Å²) in [4.78, 5) is 23.2. The standard InChI is InChI=1S/C9H8N6O2/c10-12-9(17)7-3-1-5-6(14-15-13-5)2-4(3)11-8(7)16/h1-2,7H,10H2,(H,11,16)(H,12,17)(H,13,14,15). The quantitative estimate of drug-likeness (QED) is 0.217. The first kappa shape index (κ1) is 9.73. The molecule has 17 heavy (non-hydrogen) atoms. The second-order valence-electron chi connectivity index (χ2n) is 3.70. The van der Waals surface area contributed by atoms with Crippen molar-refractivity contribution in [2.75, 3.05) is 5.32 Å². The number of nitrogens with zero attached hydrogens (tertiary/aromatic N) is 2. The van der Waals surface area contributed by atoms with Crippen molar-refractivity contribution in [3.05, 3.63) is 17.7 Å². The first-order valence-electron chi connectivity index (χ1n) is 4.86. The van der Waals surface area contributed by atoms with Gasteiger partial charge in [-0.15, -0.1) is 5.10 Å². The van der Waals surface area contributed by atoms with E-state index in [1.54, 1.807) is 12.1 Å². The zero-order valence-corrected chi connectivity index (χ0v) is 8.52. The minimum atomic E-state index is -0.928. The van der Waals surface area contributed by atoms with Gasteiger partial charge in [-0.05, 0) is 17.7 Å². The molecule has 8 heteroatoms. The molecule has 1 aromatic carbocycles. The van der Waals surface area contributed by atoms with Crippen molar-refractivity contribution >= 4 is 28.5 Å². The van der Waals surface area contributed by atoms with E-state index in [1.165, 1.54) is 0 Å². The van der Waals surface area contributed by atoms with Gasteiger partial charge in [0.15, 0.2) is 0 Å². The first-order valence-corrected chi connectivity index (χ1v) is 4.86. The molecule has 1 atom stereocenters. The molecule has 0 fully saturated rings. The van der Waals surface area contributed by atoms with Crippen LogP contribution in [-0.4, -0.2) is 27.2 Å². The van der Waals surface area contributed by atoms with Crippen LogP contribution in [0, 0.1) is 0 Å². The van der Waals surface area contributed by atoms with Gasteiger partial charge < -0.3 is 5.32 Å². The lowest BCUT2D eigenvalue weighted by Gasteiger charge is -2.05. The molecule has 0 bridgehead atoms. The predicted octanol–water partition coefficient (Wildman–Crippen LogP) is -1.02. The number of aromatic nitrogens is 3. The number of anilines is 1. The highest BCUT2D eigenvalue weighted by Crippen LogP contribution is 2.34. The maximum Gasteiger partial charge on any atom is 0.251 e. The Labute approximate surface area is 94.5 Å². The van der Waals surface area contributed by atoms with Gasteiger partial charge in [-0.25, -0.2) is 5.84 Å². The van der Waals surface area contributed by atoms with Crippen LogP contribution in [0.1, 0.15) is 11.5 Å². The normalized spacial score (nSPS) is 17.9. The number of rotatable bonds is 1. The van der Waals surface area contributed by atoms with Gasteiger partial charge >= 0.3 is 0 Å². The van der Waals surface area contributed by atoms with Gasteiger partial charge in [0.1, 0.15) is 11.4 Å². The van der Waals surface area contributed by atoms with Crippen LogP contribution in [0.15, 0.2) is 12.1 Å². The van der Waals surface area contributed by atoms with E-state index in [2.05, 4.69) is 20.7 Å². The molecule has 1 aromatic heterocycles. The molecule has 0 saturated carbocycles. The first-order chi connectivity index (χ1) is 8.20. The highest BCUT2D eigenvalue weighted by molar-refractivity contribution is 6.17. The Kier molecular flexibility index (Phi) is 1.86. The number of amides is 2. The fourth-order valence-electron chi connectivity index (χ4n) is 1.95. The number of hydrogen-bond acceptors (Lipinski definition) is 5.